The number of aryl methyl sites for hydroxylation is 1. The van der Waals surface area contributed by atoms with Gasteiger partial charge in [-0.2, -0.15) is 0 Å². The molecule has 0 saturated heterocycles. The Morgan fingerprint density at radius 3 is 2.28 bits per heavy atom. The second kappa shape index (κ2) is 9.47. The highest BCUT2D eigenvalue weighted by atomic mass is 32.1. The molecule has 150 valence electrons. The van der Waals surface area contributed by atoms with Gasteiger partial charge < -0.3 is 10.1 Å². The van der Waals surface area contributed by atoms with Crippen molar-refractivity contribution >= 4 is 28.2 Å². The van der Waals surface area contributed by atoms with Crippen LogP contribution in [-0.4, -0.2) is 18.5 Å². The minimum Gasteiger partial charge on any atom is -0.462 e. The molecule has 4 nitrogen and oxygen atoms in total. The molecule has 0 saturated carbocycles. The van der Waals surface area contributed by atoms with Crippen LogP contribution in [0.1, 0.15) is 35.3 Å². The van der Waals surface area contributed by atoms with Crippen LogP contribution in [0.3, 0.4) is 0 Å². The van der Waals surface area contributed by atoms with Gasteiger partial charge >= 0.3 is 5.97 Å². The molecule has 0 spiro atoms. The summed E-state index contributed by atoms with van der Waals surface area (Å²) in [5.41, 5.74) is 3.87. The van der Waals surface area contributed by atoms with E-state index in [0.717, 1.165) is 17.5 Å². The monoisotopic (exact) mass is 411 g/mol. The van der Waals surface area contributed by atoms with Crippen molar-refractivity contribution in [2.45, 2.75) is 26.7 Å². The number of halogens is 1. The Bertz CT molecular complexity index is 994. The van der Waals surface area contributed by atoms with Gasteiger partial charge in [0, 0.05) is 10.9 Å². The van der Waals surface area contributed by atoms with Gasteiger partial charge in [0.15, 0.2) is 0 Å². The molecule has 1 N–H and O–H groups in total. The van der Waals surface area contributed by atoms with E-state index in [1.54, 1.807) is 19.1 Å². The number of hydrogen-bond donors (Lipinski definition) is 1. The van der Waals surface area contributed by atoms with Crippen molar-refractivity contribution in [2.75, 3.05) is 11.9 Å². The molecule has 0 aliphatic heterocycles. The van der Waals surface area contributed by atoms with Crippen molar-refractivity contribution in [3.05, 3.63) is 76.4 Å². The van der Waals surface area contributed by atoms with Gasteiger partial charge in [-0.15, -0.1) is 11.3 Å². The smallest absolute Gasteiger partial charge is 0.341 e. The van der Waals surface area contributed by atoms with Crippen LogP contribution in [0.25, 0.3) is 11.1 Å². The molecular formula is C23H22FNO3S. The predicted octanol–water partition coefficient (Wildman–Crippen LogP) is 5.47. The third kappa shape index (κ3) is 5.09. The van der Waals surface area contributed by atoms with Crippen molar-refractivity contribution < 1.29 is 18.7 Å². The van der Waals surface area contributed by atoms with E-state index in [0.29, 0.717) is 16.1 Å². The number of carbonyl (C=O) groups is 2. The van der Waals surface area contributed by atoms with Gasteiger partial charge in [0.2, 0.25) is 5.91 Å². The first-order valence-corrected chi connectivity index (χ1v) is 10.3. The fraction of sp³-hybridized carbons (Fsp3) is 0.217. The molecule has 0 aliphatic carbocycles. The average Bonchev–Trinajstić information content (AvgIpc) is 3.13. The van der Waals surface area contributed by atoms with E-state index >= 15 is 0 Å². The Balaban J connectivity index is 1.87. The Morgan fingerprint density at radius 1 is 1.00 bits per heavy atom. The molecule has 2 aromatic carbocycles. The number of carbonyl (C=O) groups excluding carboxylic acids is 2. The normalized spacial score (nSPS) is 10.6. The average molecular weight is 411 g/mol. The summed E-state index contributed by atoms with van der Waals surface area (Å²) in [6, 6.07) is 13.7. The molecule has 0 atom stereocenters. The molecule has 6 heteroatoms. The fourth-order valence-corrected chi connectivity index (χ4v) is 3.92. The van der Waals surface area contributed by atoms with E-state index in [4.69, 9.17) is 4.74 Å². The lowest BCUT2D eigenvalue weighted by atomic mass is 10.0. The summed E-state index contributed by atoms with van der Waals surface area (Å²) < 4.78 is 18.3. The first-order valence-electron chi connectivity index (χ1n) is 9.44. The zero-order valence-electron chi connectivity index (χ0n) is 16.3. The number of amides is 1. The molecule has 0 radical (unpaired) electrons. The minimum atomic E-state index is -0.472. The Morgan fingerprint density at radius 2 is 1.66 bits per heavy atom. The van der Waals surface area contributed by atoms with Gasteiger partial charge in [-0.1, -0.05) is 43.3 Å². The van der Waals surface area contributed by atoms with Crippen molar-refractivity contribution in [1.82, 2.24) is 0 Å². The zero-order chi connectivity index (χ0) is 20.8. The van der Waals surface area contributed by atoms with E-state index in [1.165, 1.54) is 29.0 Å². The van der Waals surface area contributed by atoms with Crippen molar-refractivity contribution in [3.8, 4) is 11.1 Å². The number of esters is 1. The third-order valence-corrected chi connectivity index (χ3v) is 5.37. The van der Waals surface area contributed by atoms with Crippen molar-refractivity contribution in [2.24, 2.45) is 0 Å². The number of ether oxygens (including phenoxy) is 1. The maximum atomic E-state index is 13.0. The van der Waals surface area contributed by atoms with Crippen LogP contribution in [0, 0.1) is 5.82 Å². The molecule has 3 rings (SSSR count). The molecular weight excluding hydrogens is 389 g/mol. The lowest BCUT2D eigenvalue weighted by molar-refractivity contribution is -0.115. The summed E-state index contributed by atoms with van der Waals surface area (Å²) in [7, 11) is 0. The minimum absolute atomic E-state index is 0.0843. The number of anilines is 1. The molecule has 1 heterocycles. The topological polar surface area (TPSA) is 55.4 Å². The van der Waals surface area contributed by atoms with E-state index in [-0.39, 0.29) is 24.8 Å². The lowest BCUT2D eigenvalue weighted by Crippen LogP contribution is -2.16. The molecule has 0 bridgehead atoms. The highest BCUT2D eigenvalue weighted by Gasteiger charge is 2.22. The fourth-order valence-electron chi connectivity index (χ4n) is 2.95. The Labute approximate surface area is 173 Å². The third-order valence-electron chi connectivity index (χ3n) is 4.47. The summed E-state index contributed by atoms with van der Waals surface area (Å²) in [6.45, 7) is 4.07. The molecule has 3 aromatic rings. The Kier molecular flexibility index (Phi) is 6.77. The standard InChI is InChI=1S/C23H22FNO3S/c1-3-15-5-9-17(10-6-15)19-14-29-22(21(19)23(27)28-4-2)25-20(26)13-16-7-11-18(24)12-8-16/h5-12,14H,3-4,13H2,1-2H3,(H,25,26). The van der Waals surface area contributed by atoms with E-state index in [2.05, 4.69) is 12.2 Å². The van der Waals surface area contributed by atoms with Gasteiger partial charge in [-0.3, -0.25) is 4.79 Å². The summed E-state index contributed by atoms with van der Waals surface area (Å²) in [4.78, 5) is 25.1. The summed E-state index contributed by atoms with van der Waals surface area (Å²) in [5.74, 6) is -1.10. The number of thiophene rings is 1. The molecule has 0 unspecified atom stereocenters. The van der Waals surface area contributed by atoms with Crippen LogP contribution in [-0.2, 0) is 22.4 Å². The summed E-state index contributed by atoms with van der Waals surface area (Å²) >= 11 is 1.28. The molecule has 29 heavy (non-hydrogen) atoms. The van der Waals surface area contributed by atoms with Crippen LogP contribution < -0.4 is 5.32 Å². The van der Waals surface area contributed by atoms with Crippen LogP contribution >= 0.6 is 11.3 Å². The van der Waals surface area contributed by atoms with Crippen LogP contribution in [0.5, 0.6) is 0 Å². The molecule has 0 fully saturated rings. The lowest BCUT2D eigenvalue weighted by Gasteiger charge is -2.09. The number of nitrogens with one attached hydrogen (secondary N) is 1. The van der Waals surface area contributed by atoms with Gasteiger partial charge in [-0.25, -0.2) is 9.18 Å². The maximum Gasteiger partial charge on any atom is 0.341 e. The number of rotatable bonds is 7. The number of hydrogen-bond acceptors (Lipinski definition) is 4. The first-order chi connectivity index (χ1) is 14.0. The SMILES string of the molecule is CCOC(=O)c1c(-c2ccc(CC)cc2)csc1NC(=O)Cc1ccc(F)cc1. The molecule has 1 aromatic heterocycles. The van der Waals surface area contributed by atoms with Gasteiger partial charge in [-0.05, 0) is 42.2 Å². The predicted molar refractivity (Wildman–Crippen MR) is 114 cm³/mol. The van der Waals surface area contributed by atoms with Gasteiger partial charge in [0.1, 0.15) is 16.4 Å². The van der Waals surface area contributed by atoms with Crippen LogP contribution in [0.15, 0.2) is 53.9 Å². The molecule has 0 aliphatic rings. The van der Waals surface area contributed by atoms with Crippen molar-refractivity contribution in [3.63, 3.8) is 0 Å². The van der Waals surface area contributed by atoms with E-state index in [1.807, 2.05) is 29.6 Å². The van der Waals surface area contributed by atoms with Crippen molar-refractivity contribution in [1.29, 1.82) is 0 Å². The zero-order valence-corrected chi connectivity index (χ0v) is 17.1. The molecule has 1 amide bonds. The highest BCUT2D eigenvalue weighted by Crippen LogP contribution is 2.36. The van der Waals surface area contributed by atoms with Crippen LogP contribution in [0.2, 0.25) is 0 Å². The highest BCUT2D eigenvalue weighted by molar-refractivity contribution is 7.15. The summed E-state index contributed by atoms with van der Waals surface area (Å²) in [5, 5.41) is 5.11. The van der Waals surface area contributed by atoms with Gasteiger partial charge in [0.25, 0.3) is 0 Å². The maximum absolute atomic E-state index is 13.0. The largest absolute Gasteiger partial charge is 0.462 e. The second-order valence-corrected chi connectivity index (χ2v) is 7.36. The van der Waals surface area contributed by atoms with E-state index in [9.17, 15) is 14.0 Å². The van der Waals surface area contributed by atoms with Crippen LogP contribution in [0.4, 0.5) is 9.39 Å². The first kappa shape index (κ1) is 20.7. The second-order valence-electron chi connectivity index (χ2n) is 6.48. The summed E-state index contributed by atoms with van der Waals surface area (Å²) in [6.07, 6.45) is 1.01. The number of benzene rings is 2. The van der Waals surface area contributed by atoms with E-state index < -0.39 is 5.97 Å². The van der Waals surface area contributed by atoms with Gasteiger partial charge in [0.05, 0.1) is 13.0 Å². The quantitative estimate of drug-likeness (QED) is 0.524. The Hall–Kier alpha value is -2.99.